The molecule has 2 aromatic heterocycles. The highest BCUT2D eigenvalue weighted by molar-refractivity contribution is 7.23. The van der Waals surface area contributed by atoms with Gasteiger partial charge in [-0.2, -0.15) is 28.4 Å². The van der Waals surface area contributed by atoms with Gasteiger partial charge in [0.05, 0.1) is 21.4 Å². The average molecular weight is 772 g/mol. The van der Waals surface area contributed by atoms with Crippen LogP contribution in [0.2, 0.25) is 0 Å². The summed E-state index contributed by atoms with van der Waals surface area (Å²) in [5.74, 6) is -3.33. The van der Waals surface area contributed by atoms with Crippen molar-refractivity contribution in [2.24, 2.45) is 0 Å². The van der Waals surface area contributed by atoms with Gasteiger partial charge in [-0.1, -0.05) is 12.6 Å². The summed E-state index contributed by atoms with van der Waals surface area (Å²) >= 11 is 0.638. The number of thiophene rings is 1. The Kier molecular flexibility index (Phi) is 9.49. The number of benzene rings is 2. The van der Waals surface area contributed by atoms with Gasteiger partial charge in [0.25, 0.3) is 0 Å². The number of rotatable bonds is 7. The molecular formula is C37H35F6N7O3S. The van der Waals surface area contributed by atoms with Crippen LogP contribution in [0.5, 0.6) is 6.01 Å². The zero-order valence-corrected chi connectivity index (χ0v) is 30.3. The Morgan fingerprint density at radius 1 is 1.19 bits per heavy atom. The lowest BCUT2D eigenvalue weighted by Gasteiger charge is -2.44. The van der Waals surface area contributed by atoms with E-state index in [1.165, 1.54) is 6.08 Å². The van der Waals surface area contributed by atoms with Gasteiger partial charge in [0.2, 0.25) is 11.8 Å². The summed E-state index contributed by atoms with van der Waals surface area (Å²) in [4.78, 5) is 38.7. The maximum Gasteiger partial charge on any atom is 0.417 e. The number of hydrogen-bond acceptors (Lipinski definition) is 9. The molecule has 0 radical (unpaired) electrons. The van der Waals surface area contributed by atoms with Crippen molar-refractivity contribution in [2.75, 3.05) is 43.0 Å². The van der Waals surface area contributed by atoms with E-state index in [-0.39, 0.29) is 76.4 Å². The van der Waals surface area contributed by atoms with E-state index in [9.17, 15) is 19.2 Å². The molecule has 3 aliphatic heterocycles. The van der Waals surface area contributed by atoms with Crippen molar-refractivity contribution in [3.8, 4) is 23.2 Å². The molecule has 3 aliphatic rings. The predicted octanol–water partition coefficient (Wildman–Crippen LogP) is 7.21. The molecule has 284 valence electrons. The standard InChI is InChI=1S/C37H35F6N7O3S/c1-5-27(52)49-14-19(3)50(15-18(49)2)33-23-11-25(37(41,42)43)29(22-7-8-26(39)32-28(22)24(13-44)34(54-32)45-20(4)51)30(40)31(23)46-35(47-33)53-17-36-9-6-10-48(36)16-21(38)12-36/h5,7-8,11,18-19,21H,1,6,9-10,12,14-17H2,2-4H3,(H,45,51)/t18-,19+,21-,36+/m1/s1. The number of nitrogens with zero attached hydrogens (tertiary/aromatic N) is 6. The zero-order chi connectivity index (χ0) is 38.9. The molecule has 0 bridgehead atoms. The molecule has 4 atom stereocenters. The Morgan fingerprint density at radius 2 is 1.94 bits per heavy atom. The Bertz CT molecular complexity index is 2260. The van der Waals surface area contributed by atoms with E-state index >= 15 is 22.0 Å². The molecule has 54 heavy (non-hydrogen) atoms. The number of halogens is 6. The Morgan fingerprint density at radius 3 is 2.63 bits per heavy atom. The number of carbonyl (C=O) groups is 2. The van der Waals surface area contributed by atoms with Crippen LogP contribution in [0.3, 0.4) is 0 Å². The van der Waals surface area contributed by atoms with Gasteiger partial charge in [-0.05, 0) is 57.0 Å². The lowest BCUT2D eigenvalue weighted by atomic mass is 9.92. The van der Waals surface area contributed by atoms with Crippen LogP contribution in [0.15, 0.2) is 30.9 Å². The Hall–Kier alpha value is -4.95. The summed E-state index contributed by atoms with van der Waals surface area (Å²) in [6, 6.07) is 3.08. The van der Waals surface area contributed by atoms with Crippen LogP contribution in [-0.4, -0.2) is 88.2 Å². The van der Waals surface area contributed by atoms with Gasteiger partial charge in [0, 0.05) is 61.4 Å². The highest BCUT2D eigenvalue weighted by Crippen LogP contribution is 2.49. The molecule has 3 fully saturated rings. The second-order valence-electron chi connectivity index (χ2n) is 14.1. The maximum absolute atomic E-state index is 17.3. The number of alkyl halides is 4. The zero-order valence-electron chi connectivity index (χ0n) is 29.5. The topological polar surface area (TPSA) is 115 Å². The number of fused-ring (bicyclic) bond motifs is 3. The third-order valence-corrected chi connectivity index (χ3v) is 11.7. The molecule has 2 aromatic carbocycles. The number of amides is 2. The predicted molar refractivity (Wildman–Crippen MR) is 191 cm³/mol. The summed E-state index contributed by atoms with van der Waals surface area (Å²) in [5, 5.41) is 11.8. The number of nitrogens with one attached hydrogen (secondary N) is 1. The molecule has 0 aliphatic carbocycles. The Balaban J connectivity index is 1.47. The molecule has 4 aromatic rings. The molecule has 0 unspecified atom stereocenters. The molecule has 0 spiro atoms. The number of ether oxygens (including phenoxy) is 1. The highest BCUT2D eigenvalue weighted by atomic mass is 32.1. The van der Waals surface area contributed by atoms with Gasteiger partial charge < -0.3 is 19.9 Å². The summed E-state index contributed by atoms with van der Waals surface area (Å²) < 4.78 is 98.5. The van der Waals surface area contributed by atoms with Crippen molar-refractivity contribution in [1.29, 1.82) is 5.26 Å². The fraction of sp³-hybridized carbons (Fsp3) is 0.432. The summed E-state index contributed by atoms with van der Waals surface area (Å²) in [6.07, 6.45) is -3.43. The highest BCUT2D eigenvalue weighted by Gasteiger charge is 2.49. The minimum absolute atomic E-state index is 0.0496. The van der Waals surface area contributed by atoms with Crippen molar-refractivity contribution in [3.63, 3.8) is 0 Å². The first kappa shape index (κ1) is 37.4. The third-order valence-electron chi connectivity index (χ3n) is 10.6. The Labute approximate surface area is 310 Å². The SMILES string of the molecule is C=CC(=O)N1C[C@H](C)N(c2nc(OC[C@@]34CCCN3C[C@H](F)C4)nc3c(F)c(-c4ccc(F)c5sc(NC(C)=O)c(C#N)c45)c(C(F)(F)F)cc23)C[C@H]1C. The van der Waals surface area contributed by atoms with Gasteiger partial charge in [-0.25, -0.2) is 13.2 Å². The first-order chi connectivity index (χ1) is 25.6. The number of carbonyl (C=O) groups excluding carboxylic acids is 2. The molecule has 7 rings (SSSR count). The molecule has 17 heteroatoms. The van der Waals surface area contributed by atoms with Crippen LogP contribution in [0, 0.1) is 23.0 Å². The largest absolute Gasteiger partial charge is 0.461 e. The van der Waals surface area contributed by atoms with E-state index in [2.05, 4.69) is 21.9 Å². The fourth-order valence-corrected chi connectivity index (χ4v) is 9.32. The van der Waals surface area contributed by atoms with Gasteiger partial charge in [-0.15, -0.1) is 11.3 Å². The summed E-state index contributed by atoms with van der Waals surface area (Å²) in [6.45, 7) is 9.30. The normalized spacial score (nSPS) is 23.1. The van der Waals surface area contributed by atoms with E-state index in [4.69, 9.17) is 4.74 Å². The maximum atomic E-state index is 17.3. The average Bonchev–Trinajstić information content (AvgIpc) is 3.77. The van der Waals surface area contributed by atoms with Crippen molar-refractivity contribution in [2.45, 2.75) is 70.0 Å². The van der Waals surface area contributed by atoms with E-state index in [0.29, 0.717) is 24.3 Å². The number of aromatic nitrogens is 2. The number of nitriles is 1. The van der Waals surface area contributed by atoms with E-state index in [0.717, 1.165) is 31.5 Å². The van der Waals surface area contributed by atoms with Crippen molar-refractivity contribution < 1.29 is 40.7 Å². The summed E-state index contributed by atoms with van der Waals surface area (Å²) in [5.41, 5.74) is -4.39. The molecular weight excluding hydrogens is 737 g/mol. The first-order valence-corrected chi connectivity index (χ1v) is 18.1. The van der Waals surface area contributed by atoms with Gasteiger partial charge in [0.15, 0.2) is 5.82 Å². The van der Waals surface area contributed by atoms with E-state index in [1.807, 2.05) is 11.0 Å². The first-order valence-electron chi connectivity index (χ1n) is 17.3. The van der Waals surface area contributed by atoms with Crippen LogP contribution >= 0.6 is 11.3 Å². The van der Waals surface area contributed by atoms with Gasteiger partial charge >= 0.3 is 12.2 Å². The van der Waals surface area contributed by atoms with Crippen molar-refractivity contribution in [3.05, 3.63) is 53.6 Å². The summed E-state index contributed by atoms with van der Waals surface area (Å²) in [7, 11) is 0. The number of anilines is 2. The monoisotopic (exact) mass is 771 g/mol. The van der Waals surface area contributed by atoms with Crippen molar-refractivity contribution in [1.82, 2.24) is 19.8 Å². The molecule has 2 amide bonds. The quantitative estimate of drug-likeness (QED) is 0.155. The molecule has 10 nitrogen and oxygen atoms in total. The fourth-order valence-electron chi connectivity index (χ4n) is 8.19. The smallest absolute Gasteiger partial charge is 0.417 e. The third kappa shape index (κ3) is 6.28. The van der Waals surface area contributed by atoms with Crippen LogP contribution in [0.1, 0.15) is 51.2 Å². The van der Waals surface area contributed by atoms with Crippen LogP contribution in [-0.2, 0) is 15.8 Å². The van der Waals surface area contributed by atoms with Gasteiger partial charge in [-0.3, -0.25) is 14.5 Å². The minimum Gasteiger partial charge on any atom is -0.461 e. The van der Waals surface area contributed by atoms with Crippen LogP contribution < -0.4 is 15.0 Å². The molecule has 5 heterocycles. The molecule has 1 N–H and O–H groups in total. The lowest BCUT2D eigenvalue weighted by Crippen LogP contribution is -2.58. The molecule has 3 saturated heterocycles. The number of hydrogen-bond donors (Lipinski definition) is 1. The minimum atomic E-state index is -5.18. The second-order valence-corrected chi connectivity index (χ2v) is 15.2. The van der Waals surface area contributed by atoms with Gasteiger partial charge in [0.1, 0.15) is 41.0 Å². The second kappa shape index (κ2) is 13.7. The van der Waals surface area contributed by atoms with E-state index < -0.39 is 69.7 Å². The van der Waals surface area contributed by atoms with Crippen LogP contribution in [0.4, 0.5) is 37.2 Å². The van der Waals surface area contributed by atoms with Crippen LogP contribution in [0.25, 0.3) is 32.1 Å². The molecule has 0 saturated carbocycles. The van der Waals surface area contributed by atoms with E-state index in [1.54, 1.807) is 23.6 Å². The van der Waals surface area contributed by atoms with Crippen molar-refractivity contribution >= 4 is 55.0 Å². The number of piperazine rings is 1. The lowest BCUT2D eigenvalue weighted by molar-refractivity contribution is -0.137.